The number of amides is 1. The molecular formula is C15H10F3N3O3. The summed E-state index contributed by atoms with van der Waals surface area (Å²) in [7, 11) is 0. The summed E-state index contributed by atoms with van der Waals surface area (Å²) in [4.78, 5) is 22.0. The summed E-state index contributed by atoms with van der Waals surface area (Å²) < 4.78 is 37.3. The van der Waals surface area contributed by atoms with Crippen molar-refractivity contribution in [2.24, 2.45) is 5.10 Å². The highest BCUT2D eigenvalue weighted by Crippen LogP contribution is 2.28. The summed E-state index contributed by atoms with van der Waals surface area (Å²) in [6, 6.07) is 9.45. The maximum absolute atomic E-state index is 12.4. The number of benzene rings is 2. The van der Waals surface area contributed by atoms with Gasteiger partial charge in [-0.05, 0) is 23.8 Å². The van der Waals surface area contributed by atoms with Crippen molar-refractivity contribution in [1.82, 2.24) is 5.43 Å². The van der Waals surface area contributed by atoms with E-state index in [-0.39, 0.29) is 11.3 Å². The van der Waals surface area contributed by atoms with E-state index in [9.17, 15) is 28.1 Å². The number of hydrogen-bond acceptors (Lipinski definition) is 4. The monoisotopic (exact) mass is 337 g/mol. The van der Waals surface area contributed by atoms with Crippen LogP contribution in [0.15, 0.2) is 53.6 Å². The van der Waals surface area contributed by atoms with E-state index in [1.807, 2.05) is 0 Å². The van der Waals surface area contributed by atoms with Crippen LogP contribution >= 0.6 is 0 Å². The molecule has 0 atom stereocenters. The van der Waals surface area contributed by atoms with Crippen LogP contribution in [0.25, 0.3) is 0 Å². The molecule has 9 heteroatoms. The number of nitrogens with one attached hydrogen (secondary N) is 1. The Hall–Kier alpha value is -3.23. The Morgan fingerprint density at radius 3 is 2.33 bits per heavy atom. The molecule has 0 aliphatic carbocycles. The van der Waals surface area contributed by atoms with Crippen molar-refractivity contribution in [3.8, 4) is 0 Å². The topological polar surface area (TPSA) is 84.6 Å². The second-order valence-corrected chi connectivity index (χ2v) is 4.59. The maximum Gasteiger partial charge on any atom is 0.416 e. The number of rotatable bonds is 4. The summed E-state index contributed by atoms with van der Waals surface area (Å²) >= 11 is 0. The predicted octanol–water partition coefficient (Wildman–Crippen LogP) is 3.38. The summed E-state index contributed by atoms with van der Waals surface area (Å²) in [6.07, 6.45) is -3.30. The number of carbonyl (C=O) groups is 1. The minimum absolute atomic E-state index is 0.174. The molecule has 2 aromatic carbocycles. The Morgan fingerprint density at radius 2 is 1.75 bits per heavy atom. The molecule has 1 N–H and O–H groups in total. The fourth-order valence-corrected chi connectivity index (χ4v) is 1.81. The largest absolute Gasteiger partial charge is 0.416 e. The Bertz CT molecular complexity index is 787. The van der Waals surface area contributed by atoms with Gasteiger partial charge in [0.05, 0.1) is 16.7 Å². The lowest BCUT2D eigenvalue weighted by molar-refractivity contribution is -0.385. The van der Waals surface area contributed by atoms with Gasteiger partial charge in [0, 0.05) is 6.07 Å². The Labute approximate surface area is 133 Å². The van der Waals surface area contributed by atoms with Gasteiger partial charge in [0.25, 0.3) is 11.6 Å². The van der Waals surface area contributed by atoms with Gasteiger partial charge in [-0.15, -0.1) is 0 Å². The second kappa shape index (κ2) is 6.90. The predicted molar refractivity (Wildman–Crippen MR) is 79.6 cm³/mol. The molecule has 0 spiro atoms. The third-order valence-corrected chi connectivity index (χ3v) is 2.96. The molecule has 6 nitrogen and oxygen atoms in total. The average molecular weight is 337 g/mol. The third kappa shape index (κ3) is 4.15. The van der Waals surface area contributed by atoms with Crippen LogP contribution in [0.1, 0.15) is 21.5 Å². The molecule has 0 saturated heterocycles. The van der Waals surface area contributed by atoms with Gasteiger partial charge in [-0.2, -0.15) is 18.3 Å². The minimum atomic E-state index is -4.43. The van der Waals surface area contributed by atoms with Crippen molar-refractivity contribution < 1.29 is 22.9 Å². The Kier molecular flexibility index (Phi) is 4.93. The third-order valence-electron chi connectivity index (χ3n) is 2.96. The maximum atomic E-state index is 12.4. The molecule has 2 rings (SSSR count). The number of alkyl halides is 3. The van der Waals surface area contributed by atoms with Crippen LogP contribution in [-0.4, -0.2) is 17.0 Å². The molecule has 0 heterocycles. The van der Waals surface area contributed by atoms with E-state index in [0.29, 0.717) is 5.56 Å². The fourth-order valence-electron chi connectivity index (χ4n) is 1.81. The quantitative estimate of drug-likeness (QED) is 0.527. The number of nitro benzene ring substituents is 1. The fraction of sp³-hybridized carbons (Fsp3) is 0.0667. The van der Waals surface area contributed by atoms with Crippen molar-refractivity contribution in [1.29, 1.82) is 0 Å². The SMILES string of the molecule is O=C(N/N=C/c1ccc(C(F)(F)F)cc1)c1ccccc1[N+](=O)[O-]. The van der Waals surface area contributed by atoms with Crippen molar-refractivity contribution in [2.45, 2.75) is 6.18 Å². The summed E-state index contributed by atoms with van der Waals surface area (Å²) in [5.41, 5.74) is 1.06. The van der Waals surface area contributed by atoms with E-state index < -0.39 is 22.6 Å². The van der Waals surface area contributed by atoms with Gasteiger partial charge in [-0.1, -0.05) is 24.3 Å². The van der Waals surface area contributed by atoms with E-state index >= 15 is 0 Å². The molecule has 0 aliphatic heterocycles. The van der Waals surface area contributed by atoms with Crippen molar-refractivity contribution in [3.05, 3.63) is 75.3 Å². The standard InChI is InChI=1S/C15H10F3N3O3/c16-15(17,18)11-7-5-10(6-8-11)9-19-20-14(22)12-3-1-2-4-13(12)21(23)24/h1-9H,(H,20,22)/b19-9+. The molecule has 0 aliphatic rings. The van der Waals surface area contributed by atoms with Crippen LogP contribution in [0.2, 0.25) is 0 Å². The molecule has 0 saturated carbocycles. The van der Waals surface area contributed by atoms with Crippen LogP contribution in [0.5, 0.6) is 0 Å². The molecule has 0 aromatic heterocycles. The summed E-state index contributed by atoms with van der Waals surface area (Å²) in [5.74, 6) is -0.800. The molecule has 0 bridgehead atoms. The molecule has 124 valence electrons. The zero-order chi connectivity index (χ0) is 17.7. The number of hydrogen-bond donors (Lipinski definition) is 1. The Balaban J connectivity index is 2.07. The average Bonchev–Trinajstić information content (AvgIpc) is 2.54. The van der Waals surface area contributed by atoms with Crippen molar-refractivity contribution in [3.63, 3.8) is 0 Å². The lowest BCUT2D eigenvalue weighted by Gasteiger charge is -2.05. The van der Waals surface area contributed by atoms with Gasteiger partial charge >= 0.3 is 6.18 Å². The van der Waals surface area contributed by atoms with Gasteiger partial charge in [-0.25, -0.2) is 5.43 Å². The first-order chi connectivity index (χ1) is 11.3. The zero-order valence-corrected chi connectivity index (χ0v) is 11.9. The van der Waals surface area contributed by atoms with Gasteiger partial charge < -0.3 is 0 Å². The van der Waals surface area contributed by atoms with Crippen LogP contribution in [0.3, 0.4) is 0 Å². The second-order valence-electron chi connectivity index (χ2n) is 4.59. The number of nitro groups is 1. The minimum Gasteiger partial charge on any atom is -0.267 e. The first-order valence-electron chi connectivity index (χ1n) is 6.53. The van der Waals surface area contributed by atoms with Crippen LogP contribution in [-0.2, 0) is 6.18 Å². The van der Waals surface area contributed by atoms with Gasteiger partial charge in [0.2, 0.25) is 0 Å². The summed E-state index contributed by atoms with van der Waals surface area (Å²) in [5, 5.41) is 14.4. The lowest BCUT2D eigenvalue weighted by atomic mass is 10.1. The smallest absolute Gasteiger partial charge is 0.267 e. The molecule has 1 amide bonds. The summed E-state index contributed by atoms with van der Waals surface area (Å²) in [6.45, 7) is 0. The van der Waals surface area contributed by atoms with E-state index in [4.69, 9.17) is 0 Å². The van der Waals surface area contributed by atoms with Gasteiger partial charge in [0.15, 0.2) is 0 Å². The Morgan fingerprint density at radius 1 is 1.12 bits per heavy atom. The highest BCUT2D eigenvalue weighted by atomic mass is 19.4. The van der Waals surface area contributed by atoms with E-state index in [1.165, 1.54) is 36.4 Å². The van der Waals surface area contributed by atoms with Crippen LogP contribution in [0, 0.1) is 10.1 Å². The number of halogens is 3. The van der Waals surface area contributed by atoms with Crippen molar-refractivity contribution in [2.75, 3.05) is 0 Å². The number of para-hydroxylation sites is 1. The number of nitrogens with zero attached hydrogens (tertiary/aromatic N) is 2. The first kappa shape index (κ1) is 17.1. The molecular weight excluding hydrogens is 327 g/mol. The number of hydrazone groups is 1. The van der Waals surface area contributed by atoms with Crippen LogP contribution in [0.4, 0.5) is 18.9 Å². The lowest BCUT2D eigenvalue weighted by Crippen LogP contribution is -2.18. The van der Waals surface area contributed by atoms with Gasteiger partial charge in [0.1, 0.15) is 5.56 Å². The molecule has 0 unspecified atom stereocenters. The normalized spacial score (nSPS) is 11.5. The highest BCUT2D eigenvalue weighted by Gasteiger charge is 2.29. The van der Waals surface area contributed by atoms with Crippen LogP contribution < -0.4 is 5.43 Å². The van der Waals surface area contributed by atoms with E-state index in [1.54, 1.807) is 0 Å². The molecule has 2 aromatic rings. The molecule has 0 fully saturated rings. The number of carbonyl (C=O) groups excluding carboxylic acids is 1. The molecule has 24 heavy (non-hydrogen) atoms. The first-order valence-corrected chi connectivity index (χ1v) is 6.53. The van der Waals surface area contributed by atoms with E-state index in [2.05, 4.69) is 10.5 Å². The van der Waals surface area contributed by atoms with Crippen molar-refractivity contribution >= 4 is 17.8 Å². The molecule has 0 radical (unpaired) electrons. The van der Waals surface area contributed by atoms with E-state index in [0.717, 1.165) is 18.3 Å². The zero-order valence-electron chi connectivity index (χ0n) is 11.9. The highest BCUT2D eigenvalue weighted by molar-refractivity contribution is 5.98. The van der Waals surface area contributed by atoms with Gasteiger partial charge in [-0.3, -0.25) is 14.9 Å².